The fraction of sp³-hybridized carbons (Fsp3) is 1.00. The highest BCUT2D eigenvalue weighted by molar-refractivity contribution is 4.56. The molecule has 0 fully saturated rings. The predicted octanol–water partition coefficient (Wildman–Crippen LogP) is 3.62. The van der Waals surface area contributed by atoms with Crippen molar-refractivity contribution in [2.75, 3.05) is 6.54 Å². The molecule has 0 rings (SSSR count). The average molecular weight is 229 g/mol. The van der Waals surface area contributed by atoms with E-state index >= 15 is 0 Å². The van der Waals surface area contributed by atoms with Crippen LogP contribution < -0.4 is 5.73 Å². The lowest BCUT2D eigenvalue weighted by Crippen LogP contribution is -2.12. The molecule has 0 aliphatic carbocycles. The Morgan fingerprint density at radius 1 is 0.812 bits per heavy atom. The molecule has 1 unspecified atom stereocenters. The van der Waals surface area contributed by atoms with Crippen molar-refractivity contribution in [2.24, 2.45) is 5.73 Å². The molecule has 2 heteroatoms. The van der Waals surface area contributed by atoms with Gasteiger partial charge in [-0.15, -0.1) is 0 Å². The van der Waals surface area contributed by atoms with Crippen LogP contribution in [-0.4, -0.2) is 17.8 Å². The average Bonchev–Trinajstić information content (AvgIpc) is 2.27. The fourth-order valence-corrected chi connectivity index (χ4v) is 2.03. The lowest BCUT2D eigenvalue weighted by Gasteiger charge is -2.08. The lowest BCUT2D eigenvalue weighted by molar-refractivity contribution is 0.153. The maximum absolute atomic E-state index is 9.47. The van der Waals surface area contributed by atoms with Crippen molar-refractivity contribution in [1.82, 2.24) is 0 Å². The summed E-state index contributed by atoms with van der Waals surface area (Å²) in [5.41, 5.74) is 5.38. The highest BCUT2D eigenvalue weighted by atomic mass is 16.3. The van der Waals surface area contributed by atoms with Crippen LogP contribution in [0, 0.1) is 0 Å². The van der Waals surface area contributed by atoms with E-state index in [2.05, 4.69) is 6.92 Å². The molecule has 0 bridgehead atoms. The zero-order chi connectivity index (χ0) is 12.1. The zero-order valence-electron chi connectivity index (χ0n) is 11.1. The van der Waals surface area contributed by atoms with Crippen molar-refractivity contribution in [2.45, 2.75) is 83.7 Å². The van der Waals surface area contributed by atoms with Crippen LogP contribution in [0.4, 0.5) is 0 Å². The van der Waals surface area contributed by atoms with Gasteiger partial charge in [0, 0.05) is 0 Å². The third-order valence-corrected chi connectivity index (χ3v) is 3.14. The molecule has 0 aliphatic rings. The largest absolute Gasteiger partial charge is 0.393 e. The Morgan fingerprint density at radius 2 is 1.31 bits per heavy atom. The maximum atomic E-state index is 9.47. The van der Waals surface area contributed by atoms with E-state index in [1.165, 1.54) is 51.4 Å². The molecule has 98 valence electrons. The molecule has 0 radical (unpaired) electrons. The minimum Gasteiger partial charge on any atom is -0.393 e. The Morgan fingerprint density at radius 3 is 1.81 bits per heavy atom. The summed E-state index contributed by atoms with van der Waals surface area (Å²) < 4.78 is 0. The third kappa shape index (κ3) is 12.0. The van der Waals surface area contributed by atoms with Crippen molar-refractivity contribution in [1.29, 1.82) is 0 Å². The van der Waals surface area contributed by atoms with Crippen LogP contribution in [0.1, 0.15) is 77.6 Å². The van der Waals surface area contributed by atoms with Crippen LogP contribution in [0.5, 0.6) is 0 Å². The summed E-state index contributed by atoms with van der Waals surface area (Å²) >= 11 is 0. The Bertz CT molecular complexity index is 128. The van der Waals surface area contributed by atoms with E-state index in [0.717, 1.165) is 19.3 Å². The third-order valence-electron chi connectivity index (χ3n) is 3.14. The number of hydrogen-bond donors (Lipinski definition) is 2. The van der Waals surface area contributed by atoms with Crippen molar-refractivity contribution in [3.8, 4) is 0 Å². The first-order valence-electron chi connectivity index (χ1n) is 7.19. The molecule has 0 heterocycles. The quantitative estimate of drug-likeness (QED) is 0.502. The van der Waals surface area contributed by atoms with Crippen LogP contribution in [0.15, 0.2) is 0 Å². The summed E-state index contributed by atoms with van der Waals surface area (Å²) in [5, 5.41) is 9.47. The summed E-state index contributed by atoms with van der Waals surface area (Å²) in [5.74, 6) is 0. The molecule has 16 heavy (non-hydrogen) atoms. The molecular weight excluding hydrogens is 198 g/mol. The molecule has 0 aromatic carbocycles. The SMILES string of the molecule is CCCCCCCCCCCC(O)CCN. The van der Waals surface area contributed by atoms with Gasteiger partial charge in [-0.2, -0.15) is 0 Å². The number of rotatable bonds is 12. The van der Waals surface area contributed by atoms with Gasteiger partial charge >= 0.3 is 0 Å². The topological polar surface area (TPSA) is 46.2 Å². The molecule has 3 N–H and O–H groups in total. The number of aliphatic hydroxyl groups excluding tert-OH is 1. The predicted molar refractivity (Wildman–Crippen MR) is 71.5 cm³/mol. The van der Waals surface area contributed by atoms with Gasteiger partial charge in [-0.1, -0.05) is 64.7 Å². The van der Waals surface area contributed by atoms with Gasteiger partial charge in [-0.3, -0.25) is 0 Å². The van der Waals surface area contributed by atoms with Gasteiger partial charge in [0.15, 0.2) is 0 Å². The van der Waals surface area contributed by atoms with Gasteiger partial charge in [0.1, 0.15) is 0 Å². The van der Waals surface area contributed by atoms with Crippen LogP contribution in [-0.2, 0) is 0 Å². The van der Waals surface area contributed by atoms with Gasteiger partial charge in [0.25, 0.3) is 0 Å². The number of nitrogens with two attached hydrogens (primary N) is 1. The molecule has 0 aromatic heterocycles. The van der Waals surface area contributed by atoms with Crippen molar-refractivity contribution < 1.29 is 5.11 Å². The van der Waals surface area contributed by atoms with Crippen molar-refractivity contribution >= 4 is 0 Å². The van der Waals surface area contributed by atoms with Gasteiger partial charge in [0.2, 0.25) is 0 Å². The first-order valence-corrected chi connectivity index (χ1v) is 7.19. The standard InChI is InChI=1S/C14H31NO/c1-2-3-4-5-6-7-8-9-10-11-14(16)12-13-15/h14,16H,2-13,15H2,1H3. The number of aliphatic hydroxyl groups is 1. The fourth-order valence-electron chi connectivity index (χ4n) is 2.03. The Hall–Kier alpha value is -0.0800. The summed E-state index contributed by atoms with van der Waals surface area (Å²) in [4.78, 5) is 0. The van der Waals surface area contributed by atoms with Crippen LogP contribution in [0.25, 0.3) is 0 Å². The number of unbranched alkanes of at least 4 members (excludes halogenated alkanes) is 8. The normalized spacial score (nSPS) is 12.9. The number of hydrogen-bond acceptors (Lipinski definition) is 2. The maximum Gasteiger partial charge on any atom is 0.0552 e. The van der Waals surface area contributed by atoms with Crippen LogP contribution in [0.3, 0.4) is 0 Å². The van der Waals surface area contributed by atoms with Gasteiger partial charge in [-0.25, -0.2) is 0 Å². The van der Waals surface area contributed by atoms with E-state index in [-0.39, 0.29) is 6.10 Å². The molecule has 0 aliphatic heterocycles. The van der Waals surface area contributed by atoms with E-state index in [4.69, 9.17) is 5.73 Å². The smallest absolute Gasteiger partial charge is 0.0552 e. The Balaban J connectivity index is 2.98. The summed E-state index contributed by atoms with van der Waals surface area (Å²) in [6, 6.07) is 0. The highest BCUT2D eigenvalue weighted by Crippen LogP contribution is 2.11. The van der Waals surface area contributed by atoms with Crippen LogP contribution in [0.2, 0.25) is 0 Å². The van der Waals surface area contributed by atoms with E-state index in [0.29, 0.717) is 6.54 Å². The monoisotopic (exact) mass is 229 g/mol. The molecule has 0 amide bonds. The summed E-state index contributed by atoms with van der Waals surface area (Å²) in [6.07, 6.45) is 13.6. The summed E-state index contributed by atoms with van der Waals surface area (Å²) in [7, 11) is 0. The second kappa shape index (κ2) is 13.0. The second-order valence-corrected chi connectivity index (χ2v) is 4.85. The first-order chi connectivity index (χ1) is 7.81. The van der Waals surface area contributed by atoms with Crippen LogP contribution >= 0.6 is 0 Å². The molecule has 0 spiro atoms. The zero-order valence-corrected chi connectivity index (χ0v) is 11.1. The van der Waals surface area contributed by atoms with Gasteiger partial charge < -0.3 is 10.8 Å². The summed E-state index contributed by atoms with van der Waals surface area (Å²) in [6.45, 7) is 2.87. The minimum atomic E-state index is -0.158. The van der Waals surface area contributed by atoms with E-state index in [1.54, 1.807) is 0 Å². The van der Waals surface area contributed by atoms with E-state index in [9.17, 15) is 5.11 Å². The van der Waals surface area contributed by atoms with Crippen molar-refractivity contribution in [3.63, 3.8) is 0 Å². The van der Waals surface area contributed by atoms with Gasteiger partial charge in [0.05, 0.1) is 6.10 Å². The Labute approximate surface area is 102 Å². The molecule has 0 saturated heterocycles. The molecule has 2 nitrogen and oxygen atoms in total. The molecule has 1 atom stereocenters. The first kappa shape index (κ1) is 15.9. The molecule has 0 aromatic rings. The van der Waals surface area contributed by atoms with Crippen molar-refractivity contribution in [3.05, 3.63) is 0 Å². The lowest BCUT2D eigenvalue weighted by atomic mass is 10.0. The molecule has 0 saturated carbocycles. The van der Waals surface area contributed by atoms with E-state index < -0.39 is 0 Å². The highest BCUT2D eigenvalue weighted by Gasteiger charge is 2.01. The molecular formula is C14H31NO. The van der Waals surface area contributed by atoms with E-state index in [1.807, 2.05) is 0 Å². The van der Waals surface area contributed by atoms with Gasteiger partial charge in [-0.05, 0) is 19.4 Å². The Kier molecular flexibility index (Phi) is 12.9. The minimum absolute atomic E-state index is 0.158. The second-order valence-electron chi connectivity index (χ2n) is 4.85.